The summed E-state index contributed by atoms with van der Waals surface area (Å²) in [5.41, 5.74) is 0. The number of hydrogen-bond acceptors (Lipinski definition) is 3. The van der Waals surface area contributed by atoms with E-state index in [4.69, 9.17) is 4.43 Å². The van der Waals surface area contributed by atoms with Crippen LogP contribution in [0.2, 0.25) is 18.1 Å². The molecule has 1 rings (SSSR count). The second kappa shape index (κ2) is 4.94. The molecule has 0 radical (unpaired) electrons. The van der Waals surface area contributed by atoms with Crippen LogP contribution in [0.4, 0.5) is 0 Å². The number of nitrogens with one attached hydrogen (secondary N) is 1. The molecule has 5 heteroatoms. The Hall–Kier alpha value is -0.00312. The minimum absolute atomic E-state index is 0.0131. The van der Waals surface area contributed by atoms with Crippen molar-refractivity contribution < 1.29 is 9.22 Å². The number of carbonyl (C=O) groups is 1. The highest BCUT2D eigenvalue weighted by Crippen LogP contribution is 2.39. The van der Waals surface area contributed by atoms with Gasteiger partial charge in [0, 0.05) is 0 Å². The molecular weight excluding hydrogens is 250 g/mol. The highest BCUT2D eigenvalue weighted by Gasteiger charge is 2.47. The van der Waals surface area contributed by atoms with Crippen LogP contribution in [0.5, 0.6) is 0 Å². The molecule has 0 unspecified atom stereocenters. The summed E-state index contributed by atoms with van der Waals surface area (Å²) in [6.07, 6.45) is 2.04. The third-order valence-corrected chi connectivity index (χ3v) is 9.45. The van der Waals surface area contributed by atoms with Crippen molar-refractivity contribution in [1.29, 1.82) is 0 Å². The second-order valence-corrected chi connectivity index (χ2v) is 12.0. The fourth-order valence-electron chi connectivity index (χ4n) is 1.75. The molecule has 3 nitrogen and oxygen atoms in total. The van der Waals surface area contributed by atoms with E-state index in [0.29, 0.717) is 0 Å². The smallest absolute Gasteiger partial charge is 0.229 e. The number of rotatable bonds is 4. The summed E-state index contributed by atoms with van der Waals surface area (Å²) < 4.78 is 6.27. The Morgan fingerprint density at radius 2 is 1.94 bits per heavy atom. The number of thioether (sulfide) groups is 1. The van der Waals surface area contributed by atoms with Gasteiger partial charge in [0.05, 0.1) is 17.4 Å². The maximum absolute atomic E-state index is 11.6. The van der Waals surface area contributed by atoms with Gasteiger partial charge in [-0.1, -0.05) is 20.8 Å². The Morgan fingerprint density at radius 1 is 1.41 bits per heavy atom. The summed E-state index contributed by atoms with van der Waals surface area (Å²) in [5.74, 6) is 0.148. The third kappa shape index (κ3) is 3.06. The van der Waals surface area contributed by atoms with Crippen molar-refractivity contribution in [2.45, 2.75) is 57.3 Å². The number of β-lactam (4-membered cyclic amide) rings is 1. The molecule has 100 valence electrons. The van der Waals surface area contributed by atoms with Gasteiger partial charge in [-0.25, -0.2) is 0 Å². The zero-order valence-electron chi connectivity index (χ0n) is 12.0. The lowest BCUT2D eigenvalue weighted by molar-refractivity contribution is -0.136. The van der Waals surface area contributed by atoms with Crippen LogP contribution in [0.3, 0.4) is 0 Å². The summed E-state index contributed by atoms with van der Waals surface area (Å²) >= 11 is 1.69. The molecule has 1 fully saturated rings. The van der Waals surface area contributed by atoms with Crippen molar-refractivity contribution in [3.8, 4) is 0 Å². The zero-order valence-corrected chi connectivity index (χ0v) is 13.8. The van der Waals surface area contributed by atoms with Crippen molar-refractivity contribution in [2.24, 2.45) is 5.92 Å². The molecule has 1 heterocycles. The number of amides is 1. The molecule has 0 aromatic carbocycles. The van der Waals surface area contributed by atoms with Gasteiger partial charge in [0.15, 0.2) is 8.32 Å². The summed E-state index contributed by atoms with van der Waals surface area (Å²) in [6, 6.07) is 0. The molecule has 1 N–H and O–H groups in total. The predicted octanol–water partition coefficient (Wildman–Crippen LogP) is 2.83. The molecule has 1 saturated heterocycles. The zero-order chi connectivity index (χ0) is 13.4. The fourth-order valence-corrected chi connectivity index (χ4v) is 4.05. The topological polar surface area (TPSA) is 38.3 Å². The Labute approximate surface area is 110 Å². The highest BCUT2D eigenvalue weighted by atomic mass is 32.2. The van der Waals surface area contributed by atoms with E-state index in [1.165, 1.54) is 0 Å². The van der Waals surface area contributed by atoms with Crippen molar-refractivity contribution in [3.05, 3.63) is 0 Å². The van der Waals surface area contributed by atoms with Gasteiger partial charge in [0.1, 0.15) is 0 Å². The first-order chi connectivity index (χ1) is 7.60. The maximum atomic E-state index is 11.6. The van der Waals surface area contributed by atoms with Crippen LogP contribution in [0, 0.1) is 5.92 Å². The van der Waals surface area contributed by atoms with Crippen LogP contribution in [-0.4, -0.2) is 32.0 Å². The van der Waals surface area contributed by atoms with Crippen LogP contribution in [0.15, 0.2) is 0 Å². The Morgan fingerprint density at radius 3 is 2.29 bits per heavy atom. The molecule has 0 saturated carbocycles. The van der Waals surface area contributed by atoms with E-state index in [0.717, 1.165) is 0 Å². The van der Waals surface area contributed by atoms with Crippen LogP contribution < -0.4 is 5.32 Å². The Bertz CT molecular complexity index is 301. The van der Waals surface area contributed by atoms with Gasteiger partial charge in [-0.15, -0.1) is 11.8 Å². The summed E-state index contributed by atoms with van der Waals surface area (Å²) in [6.45, 7) is 13.2. The summed E-state index contributed by atoms with van der Waals surface area (Å²) in [7, 11) is -1.77. The monoisotopic (exact) mass is 275 g/mol. The van der Waals surface area contributed by atoms with Crippen molar-refractivity contribution in [2.75, 3.05) is 6.26 Å². The third-order valence-electron chi connectivity index (χ3n) is 3.96. The first-order valence-electron chi connectivity index (χ1n) is 6.11. The van der Waals surface area contributed by atoms with E-state index in [1.54, 1.807) is 11.8 Å². The van der Waals surface area contributed by atoms with Gasteiger partial charge < -0.3 is 9.74 Å². The quantitative estimate of drug-likeness (QED) is 0.633. The molecule has 1 aliphatic rings. The standard InChI is InChI=1S/C12H25NO2SSi/c1-8(9-10(14)13-11(9)16-5)15-17(6,7)12(2,3)4/h8-9,11H,1-7H3,(H,13,14)/t8-,9-,11-/m1/s1. The molecule has 17 heavy (non-hydrogen) atoms. The highest BCUT2D eigenvalue weighted by molar-refractivity contribution is 7.99. The average Bonchev–Trinajstić information content (AvgIpc) is 2.10. The molecule has 0 aliphatic carbocycles. The number of hydrogen-bond donors (Lipinski definition) is 1. The van der Waals surface area contributed by atoms with Gasteiger partial charge >= 0.3 is 0 Å². The Balaban J connectivity index is 2.66. The molecule has 3 atom stereocenters. The molecule has 0 bridgehead atoms. The molecule has 1 aliphatic heterocycles. The van der Waals surface area contributed by atoms with Gasteiger partial charge in [-0.3, -0.25) is 4.79 Å². The van der Waals surface area contributed by atoms with E-state index >= 15 is 0 Å². The predicted molar refractivity (Wildman–Crippen MR) is 76.7 cm³/mol. The van der Waals surface area contributed by atoms with E-state index in [-0.39, 0.29) is 28.3 Å². The maximum Gasteiger partial charge on any atom is 0.229 e. The SMILES string of the molecule is CS[C@H]1NC(=O)[C@H]1[C@@H](C)O[Si](C)(C)C(C)(C)C. The lowest BCUT2D eigenvalue weighted by Crippen LogP contribution is -2.62. The van der Waals surface area contributed by atoms with E-state index in [2.05, 4.69) is 39.2 Å². The second-order valence-electron chi connectivity index (χ2n) is 6.27. The van der Waals surface area contributed by atoms with E-state index in [1.807, 2.05) is 13.2 Å². The van der Waals surface area contributed by atoms with E-state index < -0.39 is 8.32 Å². The summed E-state index contributed by atoms with van der Waals surface area (Å²) in [5, 5.41) is 3.32. The normalized spacial score (nSPS) is 27.4. The van der Waals surface area contributed by atoms with Crippen LogP contribution >= 0.6 is 11.8 Å². The van der Waals surface area contributed by atoms with Gasteiger partial charge in [0.2, 0.25) is 5.91 Å². The van der Waals surface area contributed by atoms with Gasteiger partial charge in [-0.2, -0.15) is 0 Å². The minimum atomic E-state index is -1.77. The molecule has 0 aromatic rings. The first kappa shape index (κ1) is 15.1. The van der Waals surface area contributed by atoms with Crippen LogP contribution in [-0.2, 0) is 9.22 Å². The van der Waals surface area contributed by atoms with Crippen LogP contribution in [0.25, 0.3) is 0 Å². The van der Waals surface area contributed by atoms with Crippen LogP contribution in [0.1, 0.15) is 27.7 Å². The lowest BCUT2D eigenvalue weighted by atomic mass is 9.96. The van der Waals surface area contributed by atoms with E-state index in [9.17, 15) is 4.79 Å². The minimum Gasteiger partial charge on any atom is -0.413 e. The number of carbonyl (C=O) groups excluding carboxylic acids is 1. The molecule has 1 amide bonds. The Kier molecular flexibility index (Phi) is 4.37. The average molecular weight is 275 g/mol. The molecule has 0 spiro atoms. The largest absolute Gasteiger partial charge is 0.413 e. The first-order valence-corrected chi connectivity index (χ1v) is 10.3. The lowest BCUT2D eigenvalue weighted by Gasteiger charge is -2.44. The molecular formula is C12H25NO2SSi. The van der Waals surface area contributed by atoms with Crippen molar-refractivity contribution >= 4 is 26.0 Å². The molecule has 0 aromatic heterocycles. The fraction of sp³-hybridized carbons (Fsp3) is 0.917. The summed E-state index contributed by atoms with van der Waals surface area (Å²) in [4.78, 5) is 11.6. The van der Waals surface area contributed by atoms with Crippen molar-refractivity contribution in [1.82, 2.24) is 5.32 Å². The van der Waals surface area contributed by atoms with Gasteiger partial charge in [-0.05, 0) is 31.3 Å². The van der Waals surface area contributed by atoms with Crippen molar-refractivity contribution in [3.63, 3.8) is 0 Å². The van der Waals surface area contributed by atoms with Gasteiger partial charge in [0.25, 0.3) is 0 Å².